The van der Waals surface area contributed by atoms with Crippen LogP contribution in [0.25, 0.3) is 11.0 Å². The maximum Gasteiger partial charge on any atom is 0.227 e. The first-order chi connectivity index (χ1) is 10.1. The Hall–Kier alpha value is -2.49. The van der Waals surface area contributed by atoms with Crippen molar-refractivity contribution >= 4 is 16.9 Å². The number of rotatable bonds is 4. The maximum atomic E-state index is 12.3. The molecule has 0 N–H and O–H groups in total. The number of nitrogens with zero attached hydrogens (tertiary/aromatic N) is 1. The van der Waals surface area contributed by atoms with Crippen LogP contribution >= 0.6 is 0 Å². The van der Waals surface area contributed by atoms with Crippen LogP contribution in [0.2, 0.25) is 0 Å². The molecule has 0 aliphatic heterocycles. The summed E-state index contributed by atoms with van der Waals surface area (Å²) in [6.07, 6.45) is 3.61. The van der Waals surface area contributed by atoms with Gasteiger partial charge in [-0.3, -0.25) is 4.79 Å². The van der Waals surface area contributed by atoms with Crippen molar-refractivity contribution in [2.24, 2.45) is 0 Å². The van der Waals surface area contributed by atoms with Gasteiger partial charge >= 0.3 is 0 Å². The van der Waals surface area contributed by atoms with E-state index in [1.165, 1.54) is 0 Å². The van der Waals surface area contributed by atoms with Gasteiger partial charge in [-0.05, 0) is 30.7 Å². The molecule has 0 radical (unpaired) electrons. The average Bonchev–Trinajstić information content (AvgIpc) is 3.08. The minimum atomic E-state index is 0.0367. The summed E-state index contributed by atoms with van der Waals surface area (Å²) >= 11 is 0. The SMILES string of the molecule is Cc1ccc2c(CC(=O)N(C)Cc3ccco3)coc2c1. The third kappa shape index (κ3) is 2.84. The molecular weight excluding hydrogens is 266 g/mol. The maximum absolute atomic E-state index is 12.3. The van der Waals surface area contributed by atoms with Crippen LogP contribution in [0.3, 0.4) is 0 Å². The van der Waals surface area contributed by atoms with Crippen LogP contribution in [0.15, 0.2) is 51.7 Å². The zero-order valence-corrected chi connectivity index (χ0v) is 12.1. The molecule has 4 nitrogen and oxygen atoms in total. The number of hydrogen-bond acceptors (Lipinski definition) is 3. The number of carbonyl (C=O) groups excluding carboxylic acids is 1. The Morgan fingerprint density at radius 1 is 1.24 bits per heavy atom. The van der Waals surface area contributed by atoms with Crippen molar-refractivity contribution in [1.82, 2.24) is 4.90 Å². The van der Waals surface area contributed by atoms with Crippen molar-refractivity contribution in [3.05, 3.63) is 59.7 Å². The molecule has 1 amide bonds. The molecule has 2 aromatic heterocycles. The van der Waals surface area contributed by atoms with E-state index >= 15 is 0 Å². The van der Waals surface area contributed by atoms with Crippen LogP contribution in [0.4, 0.5) is 0 Å². The predicted molar refractivity (Wildman–Crippen MR) is 79.8 cm³/mol. The van der Waals surface area contributed by atoms with Crippen molar-refractivity contribution in [3.8, 4) is 0 Å². The van der Waals surface area contributed by atoms with Crippen molar-refractivity contribution in [3.63, 3.8) is 0 Å². The van der Waals surface area contributed by atoms with Gasteiger partial charge in [0.25, 0.3) is 0 Å². The molecule has 0 spiro atoms. The summed E-state index contributed by atoms with van der Waals surface area (Å²) in [5, 5.41) is 1.00. The number of fused-ring (bicyclic) bond motifs is 1. The number of benzene rings is 1. The number of carbonyl (C=O) groups is 1. The molecule has 0 saturated heterocycles. The summed E-state index contributed by atoms with van der Waals surface area (Å²) in [5.74, 6) is 0.813. The lowest BCUT2D eigenvalue weighted by molar-refractivity contribution is -0.129. The van der Waals surface area contributed by atoms with E-state index in [1.54, 1.807) is 24.5 Å². The Balaban J connectivity index is 1.74. The summed E-state index contributed by atoms with van der Waals surface area (Å²) in [4.78, 5) is 13.9. The van der Waals surface area contributed by atoms with Crippen LogP contribution < -0.4 is 0 Å². The summed E-state index contributed by atoms with van der Waals surface area (Å²) in [5.41, 5.74) is 2.89. The van der Waals surface area contributed by atoms with E-state index < -0.39 is 0 Å². The van der Waals surface area contributed by atoms with E-state index in [-0.39, 0.29) is 5.91 Å². The molecule has 3 aromatic rings. The first-order valence-corrected chi connectivity index (χ1v) is 6.86. The molecule has 4 heteroatoms. The molecule has 0 unspecified atom stereocenters. The second-order valence-corrected chi connectivity index (χ2v) is 5.27. The smallest absolute Gasteiger partial charge is 0.227 e. The van der Waals surface area contributed by atoms with E-state index in [0.29, 0.717) is 13.0 Å². The first-order valence-electron chi connectivity index (χ1n) is 6.86. The summed E-state index contributed by atoms with van der Waals surface area (Å²) in [7, 11) is 1.78. The Morgan fingerprint density at radius 2 is 2.10 bits per heavy atom. The highest BCUT2D eigenvalue weighted by molar-refractivity contribution is 5.87. The van der Waals surface area contributed by atoms with Gasteiger partial charge in [-0.25, -0.2) is 0 Å². The highest BCUT2D eigenvalue weighted by atomic mass is 16.3. The van der Waals surface area contributed by atoms with Gasteiger partial charge in [0, 0.05) is 18.0 Å². The van der Waals surface area contributed by atoms with Gasteiger partial charge < -0.3 is 13.7 Å². The van der Waals surface area contributed by atoms with Crippen LogP contribution in [0.5, 0.6) is 0 Å². The fourth-order valence-electron chi connectivity index (χ4n) is 2.35. The zero-order chi connectivity index (χ0) is 14.8. The van der Waals surface area contributed by atoms with Gasteiger partial charge in [-0.1, -0.05) is 12.1 Å². The fraction of sp³-hybridized carbons (Fsp3) is 0.235. The van der Waals surface area contributed by atoms with Crippen LogP contribution in [-0.4, -0.2) is 17.9 Å². The van der Waals surface area contributed by atoms with E-state index in [0.717, 1.165) is 27.9 Å². The standard InChI is InChI=1S/C17H17NO3/c1-12-5-6-15-13(11-21-16(15)8-12)9-17(19)18(2)10-14-4-3-7-20-14/h3-8,11H,9-10H2,1-2H3. The Morgan fingerprint density at radius 3 is 2.86 bits per heavy atom. The summed E-state index contributed by atoms with van der Waals surface area (Å²) in [6, 6.07) is 9.69. The van der Waals surface area contributed by atoms with Gasteiger partial charge in [0.2, 0.25) is 5.91 Å². The quantitative estimate of drug-likeness (QED) is 0.735. The third-order valence-electron chi connectivity index (χ3n) is 3.55. The molecule has 0 saturated carbocycles. The highest BCUT2D eigenvalue weighted by Crippen LogP contribution is 2.23. The number of amides is 1. The zero-order valence-electron chi connectivity index (χ0n) is 12.1. The topological polar surface area (TPSA) is 46.6 Å². The van der Waals surface area contributed by atoms with Crippen LogP contribution in [0, 0.1) is 6.92 Å². The largest absolute Gasteiger partial charge is 0.467 e. The first kappa shape index (κ1) is 13.5. The second-order valence-electron chi connectivity index (χ2n) is 5.27. The van der Waals surface area contributed by atoms with Crippen LogP contribution in [-0.2, 0) is 17.8 Å². The number of aryl methyl sites for hydroxylation is 1. The highest BCUT2D eigenvalue weighted by Gasteiger charge is 2.15. The minimum Gasteiger partial charge on any atom is -0.467 e. The van der Waals surface area contributed by atoms with Gasteiger partial charge in [-0.2, -0.15) is 0 Å². The normalized spacial score (nSPS) is 11.0. The molecule has 2 heterocycles. The van der Waals surface area contributed by atoms with E-state index in [9.17, 15) is 4.79 Å². The van der Waals surface area contributed by atoms with Gasteiger partial charge in [0.05, 0.1) is 25.5 Å². The van der Waals surface area contributed by atoms with Crippen molar-refractivity contribution in [1.29, 1.82) is 0 Å². The lowest BCUT2D eigenvalue weighted by Crippen LogP contribution is -2.27. The van der Waals surface area contributed by atoms with Crippen molar-refractivity contribution < 1.29 is 13.6 Å². The molecule has 0 aliphatic rings. The van der Waals surface area contributed by atoms with E-state index in [2.05, 4.69) is 0 Å². The second kappa shape index (κ2) is 5.48. The molecule has 0 fully saturated rings. The molecule has 1 aromatic carbocycles. The Kier molecular flexibility index (Phi) is 3.52. The van der Waals surface area contributed by atoms with Crippen molar-refractivity contribution in [2.45, 2.75) is 19.9 Å². The number of likely N-dealkylation sites (N-methyl/N-ethyl adjacent to an activating group) is 1. The van der Waals surface area contributed by atoms with Crippen molar-refractivity contribution in [2.75, 3.05) is 7.05 Å². The molecule has 0 aliphatic carbocycles. The Labute approximate surface area is 123 Å². The van der Waals surface area contributed by atoms with Gasteiger partial charge in [0.1, 0.15) is 11.3 Å². The average molecular weight is 283 g/mol. The van der Waals surface area contributed by atoms with E-state index in [1.807, 2.05) is 37.3 Å². The summed E-state index contributed by atoms with van der Waals surface area (Å²) < 4.78 is 10.8. The minimum absolute atomic E-state index is 0.0367. The van der Waals surface area contributed by atoms with E-state index in [4.69, 9.17) is 8.83 Å². The molecular formula is C17H17NO3. The molecule has 3 rings (SSSR count). The van der Waals surface area contributed by atoms with Gasteiger partial charge in [-0.15, -0.1) is 0 Å². The Bertz CT molecular complexity index is 756. The lowest BCUT2D eigenvalue weighted by Gasteiger charge is -2.15. The predicted octanol–water partition coefficient (Wildman–Crippen LogP) is 3.54. The number of hydrogen-bond donors (Lipinski definition) is 0. The molecule has 21 heavy (non-hydrogen) atoms. The summed E-state index contributed by atoms with van der Waals surface area (Å²) in [6.45, 7) is 2.49. The lowest BCUT2D eigenvalue weighted by atomic mass is 10.1. The monoisotopic (exact) mass is 283 g/mol. The molecule has 0 bridgehead atoms. The van der Waals surface area contributed by atoms with Crippen LogP contribution in [0.1, 0.15) is 16.9 Å². The third-order valence-corrected chi connectivity index (χ3v) is 3.55. The molecule has 108 valence electrons. The van der Waals surface area contributed by atoms with Gasteiger partial charge in [0.15, 0.2) is 0 Å². The fourth-order valence-corrected chi connectivity index (χ4v) is 2.35. The molecule has 0 atom stereocenters. The number of furan rings is 2.